The topological polar surface area (TPSA) is 52.3 Å². The number of ether oxygens (including phenoxy) is 1. The van der Waals surface area contributed by atoms with Crippen LogP contribution in [0, 0.1) is 5.92 Å². The van der Waals surface area contributed by atoms with Gasteiger partial charge in [-0.2, -0.15) is 0 Å². The maximum Gasteiger partial charge on any atom is 0.311 e. The van der Waals surface area contributed by atoms with E-state index >= 15 is 0 Å². The van der Waals surface area contributed by atoms with Gasteiger partial charge in [-0.15, -0.1) is 0 Å². The zero-order valence-corrected chi connectivity index (χ0v) is 10.8. The van der Waals surface area contributed by atoms with Gasteiger partial charge in [0.05, 0.1) is 0 Å². The number of esters is 1. The molecule has 3 rings (SSSR count). The van der Waals surface area contributed by atoms with Gasteiger partial charge in [0.2, 0.25) is 0 Å². The van der Waals surface area contributed by atoms with E-state index in [-0.39, 0.29) is 5.97 Å². The van der Waals surface area contributed by atoms with Gasteiger partial charge in [-0.3, -0.25) is 4.79 Å². The summed E-state index contributed by atoms with van der Waals surface area (Å²) in [6.07, 6.45) is 7.99. The van der Waals surface area contributed by atoms with Gasteiger partial charge in [-0.25, -0.2) is 4.98 Å². The number of hydrogen-bond donors (Lipinski definition) is 0. The Bertz CT molecular complexity index is 570. The lowest BCUT2D eigenvalue weighted by Crippen LogP contribution is -2.16. The van der Waals surface area contributed by atoms with E-state index in [0.29, 0.717) is 29.2 Å². The van der Waals surface area contributed by atoms with Gasteiger partial charge < -0.3 is 9.15 Å². The average molecular weight is 259 g/mol. The van der Waals surface area contributed by atoms with Crippen molar-refractivity contribution in [2.24, 2.45) is 5.92 Å². The Balaban J connectivity index is 1.61. The number of aromatic nitrogens is 1. The zero-order chi connectivity index (χ0) is 13.1. The van der Waals surface area contributed by atoms with Crippen molar-refractivity contribution in [2.45, 2.75) is 38.5 Å². The standard InChI is InChI=1S/C15H17NO3/c17-15(8-11-4-2-1-3-5-11)19-12-6-7-14-13(9-12)16-10-18-14/h6-7,9-11H,1-5,8H2. The van der Waals surface area contributed by atoms with Crippen LogP contribution in [0.15, 0.2) is 29.0 Å². The van der Waals surface area contributed by atoms with E-state index in [9.17, 15) is 4.79 Å². The SMILES string of the molecule is O=C(CC1CCCCC1)Oc1ccc2ocnc2c1. The summed E-state index contributed by atoms with van der Waals surface area (Å²) in [7, 11) is 0. The number of fused-ring (bicyclic) bond motifs is 1. The lowest BCUT2D eigenvalue weighted by molar-refractivity contribution is -0.135. The van der Waals surface area contributed by atoms with Crippen molar-refractivity contribution in [1.82, 2.24) is 4.98 Å². The van der Waals surface area contributed by atoms with Crippen molar-refractivity contribution in [2.75, 3.05) is 0 Å². The first-order valence-corrected chi connectivity index (χ1v) is 6.85. The van der Waals surface area contributed by atoms with Crippen LogP contribution in [0.1, 0.15) is 38.5 Å². The summed E-state index contributed by atoms with van der Waals surface area (Å²) in [6.45, 7) is 0. The van der Waals surface area contributed by atoms with E-state index in [1.165, 1.54) is 25.7 Å². The Morgan fingerprint density at radius 3 is 3.00 bits per heavy atom. The van der Waals surface area contributed by atoms with Gasteiger partial charge in [0, 0.05) is 12.5 Å². The Hall–Kier alpha value is -1.84. The molecule has 1 aliphatic rings. The fourth-order valence-electron chi connectivity index (χ4n) is 2.70. The summed E-state index contributed by atoms with van der Waals surface area (Å²) in [6, 6.07) is 5.25. The molecule has 4 nitrogen and oxygen atoms in total. The quantitative estimate of drug-likeness (QED) is 0.623. The largest absolute Gasteiger partial charge is 0.443 e. The summed E-state index contributed by atoms with van der Waals surface area (Å²) >= 11 is 0. The van der Waals surface area contributed by atoms with E-state index in [1.807, 2.05) is 0 Å². The minimum absolute atomic E-state index is 0.144. The second kappa shape index (κ2) is 5.43. The molecule has 2 aromatic rings. The second-order valence-electron chi connectivity index (χ2n) is 5.16. The minimum Gasteiger partial charge on any atom is -0.443 e. The molecule has 0 atom stereocenters. The molecule has 0 radical (unpaired) electrons. The predicted octanol–water partition coefficient (Wildman–Crippen LogP) is 3.70. The summed E-state index contributed by atoms with van der Waals surface area (Å²) in [5, 5.41) is 0. The summed E-state index contributed by atoms with van der Waals surface area (Å²) < 4.78 is 10.5. The third-order valence-electron chi connectivity index (χ3n) is 3.71. The van der Waals surface area contributed by atoms with Crippen molar-refractivity contribution in [1.29, 1.82) is 0 Å². The molecule has 0 bridgehead atoms. The molecule has 1 aromatic heterocycles. The van der Waals surface area contributed by atoms with Crippen LogP contribution in [0.2, 0.25) is 0 Å². The van der Waals surface area contributed by atoms with Crippen LogP contribution < -0.4 is 4.74 Å². The normalized spacial score (nSPS) is 16.6. The number of carbonyl (C=O) groups excluding carboxylic acids is 1. The molecule has 1 heterocycles. The number of hydrogen-bond acceptors (Lipinski definition) is 4. The molecule has 0 amide bonds. The van der Waals surface area contributed by atoms with Gasteiger partial charge in [-0.05, 0) is 30.9 Å². The van der Waals surface area contributed by atoms with Crippen molar-refractivity contribution >= 4 is 17.1 Å². The molecule has 0 spiro atoms. The van der Waals surface area contributed by atoms with E-state index in [0.717, 1.165) is 12.8 Å². The van der Waals surface area contributed by atoms with Gasteiger partial charge in [-0.1, -0.05) is 19.3 Å². The number of oxazole rings is 1. The summed E-state index contributed by atoms with van der Waals surface area (Å²) in [4.78, 5) is 15.9. The molecule has 0 unspecified atom stereocenters. The third kappa shape index (κ3) is 2.95. The molecular weight excluding hydrogens is 242 g/mol. The van der Waals surface area contributed by atoms with Crippen LogP contribution in [-0.2, 0) is 4.79 Å². The van der Waals surface area contributed by atoms with E-state index in [2.05, 4.69) is 4.98 Å². The molecule has 0 N–H and O–H groups in total. The summed E-state index contributed by atoms with van der Waals surface area (Å²) in [5.41, 5.74) is 1.41. The molecule has 100 valence electrons. The highest BCUT2D eigenvalue weighted by Crippen LogP contribution is 2.27. The number of rotatable bonds is 3. The van der Waals surface area contributed by atoms with Gasteiger partial charge in [0.15, 0.2) is 12.0 Å². The van der Waals surface area contributed by atoms with Crippen LogP contribution in [-0.4, -0.2) is 11.0 Å². The molecule has 19 heavy (non-hydrogen) atoms. The van der Waals surface area contributed by atoms with Crippen molar-refractivity contribution < 1.29 is 13.9 Å². The van der Waals surface area contributed by atoms with Gasteiger partial charge >= 0.3 is 5.97 Å². The van der Waals surface area contributed by atoms with Gasteiger partial charge in [0.25, 0.3) is 0 Å². The molecular formula is C15H17NO3. The van der Waals surface area contributed by atoms with Crippen LogP contribution in [0.4, 0.5) is 0 Å². The number of nitrogens with zero attached hydrogens (tertiary/aromatic N) is 1. The molecule has 1 fully saturated rings. The average Bonchev–Trinajstić information content (AvgIpc) is 2.87. The molecule has 1 saturated carbocycles. The monoisotopic (exact) mass is 259 g/mol. The van der Waals surface area contributed by atoms with E-state index in [1.54, 1.807) is 18.2 Å². The first-order valence-electron chi connectivity index (χ1n) is 6.85. The Morgan fingerprint density at radius 2 is 2.16 bits per heavy atom. The van der Waals surface area contributed by atoms with Crippen LogP contribution >= 0.6 is 0 Å². The highest BCUT2D eigenvalue weighted by atomic mass is 16.5. The van der Waals surface area contributed by atoms with Crippen LogP contribution in [0.25, 0.3) is 11.1 Å². The molecule has 1 aliphatic carbocycles. The van der Waals surface area contributed by atoms with Crippen molar-refractivity contribution in [3.05, 3.63) is 24.6 Å². The fourth-order valence-corrected chi connectivity index (χ4v) is 2.70. The van der Waals surface area contributed by atoms with Crippen molar-refractivity contribution in [3.8, 4) is 5.75 Å². The minimum atomic E-state index is -0.144. The van der Waals surface area contributed by atoms with E-state index in [4.69, 9.17) is 9.15 Å². The molecule has 1 aromatic carbocycles. The molecule has 0 aliphatic heterocycles. The first-order chi connectivity index (χ1) is 9.31. The maximum absolute atomic E-state index is 11.9. The second-order valence-corrected chi connectivity index (χ2v) is 5.16. The van der Waals surface area contributed by atoms with Gasteiger partial charge in [0.1, 0.15) is 11.3 Å². The lowest BCUT2D eigenvalue weighted by Gasteiger charge is -2.20. The van der Waals surface area contributed by atoms with E-state index < -0.39 is 0 Å². The Kier molecular flexibility index (Phi) is 3.49. The highest BCUT2D eigenvalue weighted by Gasteiger charge is 2.18. The highest BCUT2D eigenvalue weighted by molar-refractivity contribution is 5.77. The smallest absolute Gasteiger partial charge is 0.311 e. The maximum atomic E-state index is 11.9. The van der Waals surface area contributed by atoms with Crippen LogP contribution in [0.3, 0.4) is 0 Å². The molecule has 0 saturated heterocycles. The predicted molar refractivity (Wildman–Crippen MR) is 70.8 cm³/mol. The zero-order valence-electron chi connectivity index (χ0n) is 10.8. The third-order valence-corrected chi connectivity index (χ3v) is 3.71. The summed E-state index contributed by atoms with van der Waals surface area (Å²) in [5.74, 6) is 0.897. The first kappa shape index (κ1) is 12.2. The van der Waals surface area contributed by atoms with Crippen LogP contribution in [0.5, 0.6) is 5.75 Å². The Labute approximate surface area is 111 Å². The number of carbonyl (C=O) groups is 1. The lowest BCUT2D eigenvalue weighted by atomic mass is 9.87. The number of benzene rings is 1. The Morgan fingerprint density at radius 1 is 1.32 bits per heavy atom. The fraction of sp³-hybridized carbons (Fsp3) is 0.467. The molecule has 4 heteroatoms. The van der Waals surface area contributed by atoms with Crippen molar-refractivity contribution in [3.63, 3.8) is 0 Å².